The summed E-state index contributed by atoms with van der Waals surface area (Å²) in [4.78, 5) is 35.9. The summed E-state index contributed by atoms with van der Waals surface area (Å²) in [5.74, 6) is 1.19. The molecule has 0 aliphatic carbocycles. The quantitative estimate of drug-likeness (QED) is 0.717. The molecule has 134 valence electrons. The Kier molecular flexibility index (Phi) is 4.28. The lowest BCUT2D eigenvalue weighted by Crippen LogP contribution is -2.42. The van der Waals surface area contributed by atoms with Gasteiger partial charge in [0.2, 0.25) is 5.91 Å². The van der Waals surface area contributed by atoms with Gasteiger partial charge in [-0.3, -0.25) is 14.2 Å². The minimum atomic E-state index is -0.179. The van der Waals surface area contributed by atoms with Crippen LogP contribution in [-0.4, -0.2) is 43.0 Å². The van der Waals surface area contributed by atoms with Gasteiger partial charge >= 0.3 is 0 Å². The van der Waals surface area contributed by atoms with E-state index in [2.05, 4.69) is 9.97 Å². The molecule has 1 aliphatic rings. The van der Waals surface area contributed by atoms with Crippen LogP contribution in [0.25, 0.3) is 10.9 Å². The molecule has 0 spiro atoms. The Morgan fingerprint density at radius 1 is 1.27 bits per heavy atom. The SMILES string of the molecule is Cn1ccnc1C1CCCN(C(=O)Cn2cnc3ccccc3c2=O)C1. The summed E-state index contributed by atoms with van der Waals surface area (Å²) in [5, 5.41) is 0.535. The van der Waals surface area contributed by atoms with Crippen LogP contribution in [0.4, 0.5) is 0 Å². The third-order valence-electron chi connectivity index (χ3n) is 5.03. The standard InChI is InChI=1S/C19H21N5O2/c1-22-10-8-20-18(22)14-5-4-9-23(11-14)17(25)12-24-13-21-16-7-3-2-6-15(16)19(24)26/h2-3,6-8,10,13-14H,4-5,9,11-12H2,1H3. The Hall–Kier alpha value is -2.96. The van der Waals surface area contributed by atoms with Crippen LogP contribution in [-0.2, 0) is 18.4 Å². The minimum Gasteiger partial charge on any atom is -0.340 e. The number of fused-ring (bicyclic) bond motifs is 1. The van der Waals surface area contributed by atoms with E-state index < -0.39 is 0 Å². The van der Waals surface area contributed by atoms with Crippen molar-refractivity contribution in [2.24, 2.45) is 7.05 Å². The van der Waals surface area contributed by atoms with Crippen LogP contribution in [0.5, 0.6) is 0 Å². The fourth-order valence-electron chi connectivity index (χ4n) is 3.65. The number of carbonyl (C=O) groups is 1. The van der Waals surface area contributed by atoms with Gasteiger partial charge < -0.3 is 9.47 Å². The molecule has 0 radical (unpaired) electrons. The number of rotatable bonds is 3. The number of para-hydroxylation sites is 1. The molecule has 1 unspecified atom stereocenters. The lowest BCUT2D eigenvalue weighted by Gasteiger charge is -2.32. The molecule has 0 saturated carbocycles. The van der Waals surface area contributed by atoms with Gasteiger partial charge in [-0.15, -0.1) is 0 Å². The number of hydrogen-bond donors (Lipinski definition) is 0. The molecule has 1 amide bonds. The normalized spacial score (nSPS) is 17.6. The Morgan fingerprint density at radius 2 is 2.12 bits per heavy atom. The highest BCUT2D eigenvalue weighted by Crippen LogP contribution is 2.25. The number of likely N-dealkylation sites (tertiary alicyclic amines) is 1. The van der Waals surface area contributed by atoms with E-state index in [1.165, 1.54) is 10.9 Å². The van der Waals surface area contributed by atoms with Crippen molar-refractivity contribution in [3.05, 3.63) is 59.2 Å². The van der Waals surface area contributed by atoms with Gasteiger partial charge in [-0.2, -0.15) is 0 Å². The number of nitrogens with zero attached hydrogens (tertiary/aromatic N) is 5. The number of aryl methyl sites for hydroxylation is 1. The molecule has 1 fully saturated rings. The molecule has 7 heteroatoms. The van der Waals surface area contributed by atoms with Crippen molar-refractivity contribution in [3.8, 4) is 0 Å². The summed E-state index contributed by atoms with van der Waals surface area (Å²) >= 11 is 0. The minimum absolute atomic E-state index is 0.0178. The first-order valence-corrected chi connectivity index (χ1v) is 8.82. The molecule has 3 aromatic rings. The zero-order chi connectivity index (χ0) is 18.1. The van der Waals surface area contributed by atoms with Crippen LogP contribution in [0.2, 0.25) is 0 Å². The van der Waals surface area contributed by atoms with Crippen LogP contribution < -0.4 is 5.56 Å². The molecular weight excluding hydrogens is 330 g/mol. The second kappa shape index (κ2) is 6.74. The van der Waals surface area contributed by atoms with Gasteiger partial charge in [0.25, 0.3) is 5.56 Å². The molecule has 1 saturated heterocycles. The fourth-order valence-corrected chi connectivity index (χ4v) is 3.65. The van der Waals surface area contributed by atoms with Gasteiger partial charge in [0.05, 0.1) is 17.2 Å². The summed E-state index contributed by atoms with van der Waals surface area (Å²) < 4.78 is 3.41. The summed E-state index contributed by atoms with van der Waals surface area (Å²) in [6, 6.07) is 7.18. The van der Waals surface area contributed by atoms with Crippen molar-refractivity contribution >= 4 is 16.8 Å². The monoisotopic (exact) mass is 351 g/mol. The second-order valence-electron chi connectivity index (χ2n) is 6.77. The van der Waals surface area contributed by atoms with Crippen molar-refractivity contribution in [1.82, 2.24) is 24.0 Å². The van der Waals surface area contributed by atoms with E-state index in [4.69, 9.17) is 0 Å². The first kappa shape index (κ1) is 16.5. The summed E-state index contributed by atoms with van der Waals surface area (Å²) in [5.41, 5.74) is 0.468. The van der Waals surface area contributed by atoms with Crippen LogP contribution >= 0.6 is 0 Å². The average molecular weight is 351 g/mol. The maximum Gasteiger partial charge on any atom is 0.261 e. The van der Waals surface area contributed by atoms with Crippen molar-refractivity contribution < 1.29 is 4.79 Å². The molecule has 3 heterocycles. The largest absolute Gasteiger partial charge is 0.340 e. The van der Waals surface area contributed by atoms with Crippen LogP contribution in [0.1, 0.15) is 24.6 Å². The van der Waals surface area contributed by atoms with E-state index in [0.717, 1.165) is 25.2 Å². The lowest BCUT2D eigenvalue weighted by molar-refractivity contribution is -0.133. The molecule has 0 bridgehead atoms. The number of aromatic nitrogens is 4. The number of benzene rings is 1. The summed E-state index contributed by atoms with van der Waals surface area (Å²) in [6.07, 6.45) is 7.13. The van der Waals surface area contributed by atoms with Crippen molar-refractivity contribution in [1.29, 1.82) is 0 Å². The Balaban J connectivity index is 1.52. The highest BCUT2D eigenvalue weighted by Gasteiger charge is 2.27. The molecule has 2 aromatic heterocycles. The van der Waals surface area contributed by atoms with Crippen molar-refractivity contribution in [3.63, 3.8) is 0 Å². The predicted octanol–water partition coefficient (Wildman–Crippen LogP) is 1.54. The number of hydrogen-bond acceptors (Lipinski definition) is 4. The molecule has 1 atom stereocenters. The predicted molar refractivity (Wildman–Crippen MR) is 97.8 cm³/mol. The van der Waals surface area contributed by atoms with Crippen LogP contribution in [0, 0.1) is 0 Å². The van der Waals surface area contributed by atoms with Gasteiger partial charge in [0.15, 0.2) is 0 Å². The smallest absolute Gasteiger partial charge is 0.261 e. The van der Waals surface area contributed by atoms with E-state index in [1.807, 2.05) is 28.8 Å². The van der Waals surface area contributed by atoms with E-state index in [0.29, 0.717) is 17.4 Å². The molecule has 1 aliphatic heterocycles. The fraction of sp³-hybridized carbons (Fsp3) is 0.368. The van der Waals surface area contributed by atoms with Gasteiger partial charge in [-0.1, -0.05) is 12.1 Å². The number of amides is 1. The topological polar surface area (TPSA) is 73.0 Å². The second-order valence-corrected chi connectivity index (χ2v) is 6.77. The zero-order valence-corrected chi connectivity index (χ0v) is 14.7. The van der Waals surface area contributed by atoms with Crippen molar-refractivity contribution in [2.75, 3.05) is 13.1 Å². The lowest BCUT2D eigenvalue weighted by atomic mass is 9.97. The average Bonchev–Trinajstić information content (AvgIpc) is 3.10. The van der Waals surface area contributed by atoms with Gasteiger partial charge in [-0.25, -0.2) is 9.97 Å². The van der Waals surface area contributed by atoms with E-state index in [9.17, 15) is 9.59 Å². The highest BCUT2D eigenvalue weighted by atomic mass is 16.2. The van der Waals surface area contributed by atoms with Crippen LogP contribution in [0.3, 0.4) is 0 Å². The number of carbonyl (C=O) groups excluding carboxylic acids is 1. The first-order chi connectivity index (χ1) is 12.6. The maximum atomic E-state index is 12.8. The number of imidazole rings is 1. The Bertz CT molecular complexity index is 1010. The highest BCUT2D eigenvalue weighted by molar-refractivity contribution is 5.79. The van der Waals surface area contributed by atoms with Gasteiger partial charge in [-0.05, 0) is 25.0 Å². The molecule has 26 heavy (non-hydrogen) atoms. The summed E-state index contributed by atoms with van der Waals surface area (Å²) in [7, 11) is 1.98. The van der Waals surface area contributed by atoms with Gasteiger partial charge in [0, 0.05) is 38.4 Å². The maximum absolute atomic E-state index is 12.8. The van der Waals surface area contributed by atoms with Crippen LogP contribution in [0.15, 0.2) is 47.8 Å². The van der Waals surface area contributed by atoms with Gasteiger partial charge in [0.1, 0.15) is 12.4 Å². The molecular formula is C19H21N5O2. The van der Waals surface area contributed by atoms with E-state index in [1.54, 1.807) is 24.4 Å². The molecule has 4 rings (SSSR count). The molecule has 0 N–H and O–H groups in total. The van der Waals surface area contributed by atoms with E-state index in [-0.39, 0.29) is 23.9 Å². The third-order valence-corrected chi connectivity index (χ3v) is 5.03. The van der Waals surface area contributed by atoms with E-state index >= 15 is 0 Å². The van der Waals surface area contributed by atoms with Crippen molar-refractivity contribution in [2.45, 2.75) is 25.3 Å². The third kappa shape index (κ3) is 3.00. The molecule has 1 aromatic carbocycles. The summed E-state index contributed by atoms with van der Waals surface area (Å²) in [6.45, 7) is 1.37. The Morgan fingerprint density at radius 3 is 2.92 bits per heavy atom. The first-order valence-electron chi connectivity index (χ1n) is 8.82. The zero-order valence-electron chi connectivity index (χ0n) is 14.7. The number of piperidine rings is 1. The molecule has 7 nitrogen and oxygen atoms in total. The Labute approximate surface area is 150 Å².